The van der Waals surface area contributed by atoms with E-state index in [9.17, 15) is 0 Å². The maximum absolute atomic E-state index is 7.00. The van der Waals surface area contributed by atoms with Crippen LogP contribution in [-0.2, 0) is 13.9 Å². The summed E-state index contributed by atoms with van der Waals surface area (Å²) in [5.74, 6) is -0.490. The maximum Gasteiger partial charge on any atom is 0.261 e. The Morgan fingerprint density at radius 3 is 2.19 bits per heavy atom. The Morgan fingerprint density at radius 2 is 1.62 bits per heavy atom. The van der Waals surface area contributed by atoms with Gasteiger partial charge in [-0.3, -0.25) is 0 Å². The molecule has 3 unspecified atom stereocenters. The van der Waals surface area contributed by atoms with Crippen LogP contribution >= 0.6 is 0 Å². The molecule has 0 N–H and O–H groups in total. The van der Waals surface area contributed by atoms with Crippen molar-refractivity contribution in [2.24, 2.45) is 0 Å². The zero-order valence-corrected chi connectivity index (χ0v) is 20.6. The zero-order chi connectivity index (χ0) is 22.7. The average molecular weight is 449 g/mol. The highest BCUT2D eigenvalue weighted by molar-refractivity contribution is 6.99. The Hall–Kier alpha value is -1.98. The van der Waals surface area contributed by atoms with E-state index in [1.165, 1.54) is 10.4 Å². The Morgan fingerprint density at radius 1 is 1.00 bits per heavy atom. The minimum Gasteiger partial charge on any atom is -0.407 e. The van der Waals surface area contributed by atoms with Crippen LogP contribution in [0.5, 0.6) is 0 Å². The van der Waals surface area contributed by atoms with Crippen molar-refractivity contribution in [3.63, 3.8) is 0 Å². The zero-order valence-electron chi connectivity index (χ0n) is 19.6. The van der Waals surface area contributed by atoms with Crippen LogP contribution in [0.1, 0.15) is 46.5 Å². The number of ether oxygens (including phenoxy) is 2. The first-order valence-electron chi connectivity index (χ1n) is 11.8. The normalized spacial score (nSPS) is 25.1. The maximum atomic E-state index is 7.00. The van der Waals surface area contributed by atoms with Gasteiger partial charge in [0.25, 0.3) is 8.32 Å². The van der Waals surface area contributed by atoms with Crippen molar-refractivity contribution in [3.05, 3.63) is 85.5 Å². The van der Waals surface area contributed by atoms with E-state index < -0.39 is 14.1 Å². The van der Waals surface area contributed by atoms with E-state index in [2.05, 4.69) is 100 Å². The van der Waals surface area contributed by atoms with Crippen LogP contribution in [0.2, 0.25) is 5.04 Å². The molecule has 2 aliphatic heterocycles. The summed E-state index contributed by atoms with van der Waals surface area (Å²) >= 11 is 0. The van der Waals surface area contributed by atoms with E-state index >= 15 is 0 Å². The van der Waals surface area contributed by atoms with Gasteiger partial charge in [-0.1, -0.05) is 99.7 Å². The van der Waals surface area contributed by atoms with Gasteiger partial charge in [0.15, 0.2) is 5.79 Å². The van der Waals surface area contributed by atoms with Crippen molar-refractivity contribution >= 4 is 18.7 Å². The van der Waals surface area contributed by atoms with E-state index in [1.54, 1.807) is 0 Å². The second-order valence-corrected chi connectivity index (χ2v) is 14.2. The summed E-state index contributed by atoms with van der Waals surface area (Å²) in [6.45, 7) is 11.6. The molecule has 0 aliphatic carbocycles. The minimum atomic E-state index is -2.46. The number of fused-ring (bicyclic) bond motifs is 2. The summed E-state index contributed by atoms with van der Waals surface area (Å²) in [4.78, 5) is 0. The molecule has 0 aromatic heterocycles. The molecule has 170 valence electrons. The molecule has 3 nitrogen and oxygen atoms in total. The third kappa shape index (κ3) is 4.42. The fourth-order valence-electron chi connectivity index (χ4n) is 5.17. The molecule has 4 heteroatoms. The van der Waals surface area contributed by atoms with Gasteiger partial charge in [-0.05, 0) is 28.3 Å². The van der Waals surface area contributed by atoms with Crippen LogP contribution in [0.4, 0.5) is 0 Å². The highest BCUT2D eigenvalue weighted by atomic mass is 28.4. The second-order valence-electron chi connectivity index (χ2n) is 9.91. The summed E-state index contributed by atoms with van der Waals surface area (Å²) in [5, 5.41) is 2.66. The largest absolute Gasteiger partial charge is 0.407 e. The topological polar surface area (TPSA) is 27.7 Å². The smallest absolute Gasteiger partial charge is 0.261 e. The second kappa shape index (κ2) is 9.48. The summed E-state index contributed by atoms with van der Waals surface area (Å²) in [6.07, 6.45) is 9.78. The molecule has 32 heavy (non-hydrogen) atoms. The fraction of sp³-hybridized carbons (Fsp3) is 0.429. The number of hydrogen-bond donors (Lipinski definition) is 0. The lowest BCUT2D eigenvalue weighted by molar-refractivity contribution is -0.175. The number of hydrogen-bond acceptors (Lipinski definition) is 3. The third-order valence-electron chi connectivity index (χ3n) is 6.70. The van der Waals surface area contributed by atoms with Crippen LogP contribution in [0.15, 0.2) is 85.5 Å². The van der Waals surface area contributed by atoms with Crippen LogP contribution in [0.25, 0.3) is 0 Å². The molecule has 0 radical (unpaired) electrons. The molecule has 1 saturated heterocycles. The fourth-order valence-corrected chi connectivity index (χ4v) is 9.78. The Kier molecular flexibility index (Phi) is 6.87. The van der Waals surface area contributed by atoms with Gasteiger partial charge in [0.05, 0.1) is 0 Å². The molecule has 2 aromatic carbocycles. The molecule has 1 fully saturated rings. The third-order valence-corrected chi connectivity index (χ3v) is 11.7. The van der Waals surface area contributed by atoms with Crippen molar-refractivity contribution < 1.29 is 13.9 Å². The quantitative estimate of drug-likeness (QED) is 0.294. The molecule has 0 amide bonds. The van der Waals surface area contributed by atoms with Gasteiger partial charge in [-0.2, -0.15) is 0 Å². The van der Waals surface area contributed by atoms with E-state index in [4.69, 9.17) is 13.9 Å². The van der Waals surface area contributed by atoms with Gasteiger partial charge in [-0.15, -0.1) is 6.58 Å². The summed E-state index contributed by atoms with van der Waals surface area (Å²) in [7, 11) is -2.46. The van der Waals surface area contributed by atoms with Gasteiger partial charge >= 0.3 is 0 Å². The van der Waals surface area contributed by atoms with Gasteiger partial charge in [0.1, 0.15) is 12.2 Å². The van der Waals surface area contributed by atoms with Gasteiger partial charge < -0.3 is 13.9 Å². The Bertz CT molecular complexity index is 879. The first-order valence-corrected chi connectivity index (χ1v) is 13.7. The van der Waals surface area contributed by atoms with Crippen LogP contribution in [0.3, 0.4) is 0 Å². The Labute approximate surface area is 194 Å². The molecule has 0 saturated carbocycles. The molecular formula is C28H36O3Si. The standard InChI is InChI=1S/C28H36O3Si/c1-5-25-26-19-14-21-28(30-25,31-26)20-12-13-22-29-32(27(2,3)4,23-15-8-6-9-16-23)24-17-10-7-11-18-24/h5-11,14-19,25-26H,1,12-13,20-22H2,2-4H3. The Balaban J connectivity index is 1.47. The monoisotopic (exact) mass is 448 g/mol. The summed E-state index contributed by atoms with van der Waals surface area (Å²) < 4.78 is 19.4. The molecule has 2 aliphatic rings. The van der Waals surface area contributed by atoms with Gasteiger partial charge in [-0.25, -0.2) is 0 Å². The summed E-state index contributed by atoms with van der Waals surface area (Å²) in [6, 6.07) is 21.7. The van der Waals surface area contributed by atoms with E-state index in [0.29, 0.717) is 0 Å². The molecule has 2 heterocycles. The van der Waals surface area contributed by atoms with E-state index in [0.717, 1.165) is 32.3 Å². The molecule has 0 spiro atoms. The van der Waals surface area contributed by atoms with Gasteiger partial charge in [0, 0.05) is 19.4 Å². The van der Waals surface area contributed by atoms with Crippen molar-refractivity contribution in [3.8, 4) is 0 Å². The number of rotatable bonds is 9. The molecule has 2 aromatic rings. The average Bonchev–Trinajstić information content (AvgIpc) is 3.05. The molecule has 2 bridgehead atoms. The predicted octanol–water partition coefficient (Wildman–Crippen LogP) is 5.36. The highest BCUT2D eigenvalue weighted by Gasteiger charge is 2.50. The molecular weight excluding hydrogens is 412 g/mol. The van der Waals surface area contributed by atoms with Crippen molar-refractivity contribution in [2.75, 3.05) is 6.61 Å². The highest BCUT2D eigenvalue weighted by Crippen LogP contribution is 2.41. The van der Waals surface area contributed by atoms with Crippen molar-refractivity contribution in [2.45, 2.75) is 69.5 Å². The van der Waals surface area contributed by atoms with Crippen molar-refractivity contribution in [1.29, 1.82) is 0 Å². The van der Waals surface area contributed by atoms with Crippen LogP contribution in [0, 0.1) is 0 Å². The SMILES string of the molecule is C=CC1OC2(CCCCO[Si](c3ccccc3)(c3ccccc3)C(C)(C)C)CC=CC1O2. The van der Waals surface area contributed by atoms with Crippen molar-refractivity contribution in [1.82, 2.24) is 0 Å². The molecule has 3 atom stereocenters. The first-order chi connectivity index (χ1) is 15.4. The van der Waals surface area contributed by atoms with E-state index in [-0.39, 0.29) is 17.2 Å². The lowest BCUT2D eigenvalue weighted by Gasteiger charge is -2.43. The lowest BCUT2D eigenvalue weighted by atomic mass is 10.0. The number of benzene rings is 2. The summed E-state index contributed by atoms with van der Waals surface area (Å²) in [5.41, 5.74) is 0. The predicted molar refractivity (Wildman–Crippen MR) is 134 cm³/mol. The van der Waals surface area contributed by atoms with E-state index in [1.807, 2.05) is 6.08 Å². The number of unbranched alkanes of at least 4 members (excludes halogenated alkanes) is 1. The van der Waals surface area contributed by atoms with Gasteiger partial charge in [0.2, 0.25) is 0 Å². The minimum absolute atomic E-state index is 0.00460. The molecule has 4 rings (SSSR count). The van der Waals surface area contributed by atoms with Crippen LogP contribution in [-0.4, -0.2) is 32.9 Å². The first kappa shape index (κ1) is 23.2. The van der Waals surface area contributed by atoms with Crippen LogP contribution < -0.4 is 10.4 Å². The lowest BCUT2D eigenvalue weighted by Crippen LogP contribution is -2.66.